The van der Waals surface area contributed by atoms with Gasteiger partial charge in [-0.2, -0.15) is 5.26 Å². The van der Waals surface area contributed by atoms with Gasteiger partial charge in [0.1, 0.15) is 11.9 Å². The molecule has 0 saturated carbocycles. The number of aromatic nitrogens is 2. The molecular formula is C25H26N6O3S. The lowest BCUT2D eigenvalue weighted by molar-refractivity contribution is 0.100. The van der Waals surface area contributed by atoms with Gasteiger partial charge < -0.3 is 16.0 Å². The molecule has 0 atom stereocenters. The lowest BCUT2D eigenvalue weighted by Crippen LogP contribution is -2.39. The Morgan fingerprint density at radius 3 is 2.43 bits per heavy atom. The van der Waals surface area contributed by atoms with Gasteiger partial charge in [-0.25, -0.2) is 13.4 Å². The number of primary amides is 1. The largest absolute Gasteiger partial charge is 0.381 e. The van der Waals surface area contributed by atoms with E-state index in [1.165, 1.54) is 12.5 Å². The predicted octanol–water partition coefficient (Wildman–Crippen LogP) is 2.52. The van der Waals surface area contributed by atoms with Crippen molar-refractivity contribution in [2.24, 2.45) is 5.73 Å². The van der Waals surface area contributed by atoms with E-state index in [0.29, 0.717) is 23.2 Å². The Morgan fingerprint density at radius 2 is 1.86 bits per heavy atom. The lowest BCUT2D eigenvalue weighted by atomic mass is 10.0. The summed E-state index contributed by atoms with van der Waals surface area (Å²) in [6.45, 7) is 1.57. The Morgan fingerprint density at radius 1 is 1.14 bits per heavy atom. The first-order valence-corrected chi connectivity index (χ1v) is 13.1. The molecule has 1 saturated heterocycles. The summed E-state index contributed by atoms with van der Waals surface area (Å²) in [7, 11) is -3.25. The van der Waals surface area contributed by atoms with Crippen molar-refractivity contribution in [3.05, 3.63) is 77.2 Å². The zero-order chi connectivity index (χ0) is 25.0. The van der Waals surface area contributed by atoms with Crippen LogP contribution >= 0.6 is 0 Å². The second kappa shape index (κ2) is 10.1. The van der Waals surface area contributed by atoms with Crippen LogP contribution in [0.4, 0.5) is 11.5 Å². The SMILES string of the molecule is CS(=O)(=O)c1ccc(Cc2cc(NC3CCN(c4ccc(C#N)cn4)CC3)c(C(N)=O)cn2)cc1. The van der Waals surface area contributed by atoms with E-state index in [4.69, 9.17) is 11.0 Å². The van der Waals surface area contributed by atoms with Gasteiger partial charge in [0.25, 0.3) is 5.91 Å². The molecule has 1 fully saturated rings. The molecule has 0 bridgehead atoms. The Labute approximate surface area is 204 Å². The molecule has 4 rings (SSSR count). The zero-order valence-corrected chi connectivity index (χ0v) is 20.1. The van der Waals surface area contributed by atoms with E-state index in [2.05, 4.69) is 26.3 Å². The van der Waals surface area contributed by atoms with E-state index >= 15 is 0 Å². The number of benzene rings is 1. The number of sulfone groups is 1. The third kappa shape index (κ3) is 5.94. The van der Waals surface area contributed by atoms with Crippen LogP contribution in [-0.4, -0.2) is 49.7 Å². The van der Waals surface area contributed by atoms with Crippen molar-refractivity contribution in [3.63, 3.8) is 0 Å². The fourth-order valence-corrected chi connectivity index (χ4v) is 4.72. The first kappa shape index (κ1) is 24.2. The monoisotopic (exact) mass is 490 g/mol. The van der Waals surface area contributed by atoms with E-state index in [0.717, 1.165) is 43.0 Å². The number of hydrogen-bond acceptors (Lipinski definition) is 8. The maximum atomic E-state index is 12.0. The number of anilines is 2. The highest BCUT2D eigenvalue weighted by atomic mass is 32.2. The standard InChI is InChI=1S/C25H26N6O3S/c1-35(33,34)21-5-2-17(3-6-21)12-20-13-23(22(16-28-20)25(27)32)30-19-8-10-31(11-9-19)24-7-4-18(14-26)15-29-24/h2-7,13,15-16,19H,8-12H2,1H3,(H2,27,32)(H,28,30). The van der Waals surface area contributed by atoms with E-state index in [1.807, 2.05) is 12.1 Å². The van der Waals surface area contributed by atoms with Gasteiger partial charge in [-0.05, 0) is 48.7 Å². The summed E-state index contributed by atoms with van der Waals surface area (Å²) in [6, 6.07) is 14.4. The molecule has 3 N–H and O–H groups in total. The summed E-state index contributed by atoms with van der Waals surface area (Å²) in [6.07, 6.45) is 6.40. The maximum Gasteiger partial charge on any atom is 0.252 e. The zero-order valence-electron chi connectivity index (χ0n) is 19.3. The van der Waals surface area contributed by atoms with Gasteiger partial charge in [-0.3, -0.25) is 9.78 Å². The molecule has 1 amide bonds. The van der Waals surface area contributed by atoms with Gasteiger partial charge in [0, 0.05) is 49.9 Å². The molecule has 180 valence electrons. The highest BCUT2D eigenvalue weighted by molar-refractivity contribution is 7.90. The molecule has 35 heavy (non-hydrogen) atoms. The minimum atomic E-state index is -3.25. The molecule has 0 aliphatic carbocycles. The molecule has 0 unspecified atom stereocenters. The summed E-state index contributed by atoms with van der Waals surface area (Å²) >= 11 is 0. The molecule has 1 aromatic carbocycles. The van der Waals surface area contributed by atoms with E-state index < -0.39 is 15.7 Å². The number of pyridine rings is 2. The van der Waals surface area contributed by atoms with E-state index in [9.17, 15) is 13.2 Å². The summed E-state index contributed by atoms with van der Waals surface area (Å²) in [5.41, 5.74) is 8.74. The summed E-state index contributed by atoms with van der Waals surface area (Å²) in [4.78, 5) is 23.2. The van der Waals surface area contributed by atoms with Crippen molar-refractivity contribution in [1.82, 2.24) is 9.97 Å². The number of nitrogens with two attached hydrogens (primary N) is 1. The van der Waals surface area contributed by atoms with Crippen LogP contribution in [-0.2, 0) is 16.3 Å². The van der Waals surface area contributed by atoms with Gasteiger partial charge in [-0.15, -0.1) is 0 Å². The van der Waals surface area contributed by atoms with E-state index in [1.54, 1.807) is 36.5 Å². The van der Waals surface area contributed by atoms with Crippen LogP contribution in [0, 0.1) is 11.3 Å². The minimum Gasteiger partial charge on any atom is -0.381 e. The topological polar surface area (TPSA) is 142 Å². The number of rotatable bonds is 7. The Hall–Kier alpha value is -3.97. The van der Waals surface area contributed by atoms with Crippen LogP contribution in [0.1, 0.15) is 40.0 Å². The normalized spacial score (nSPS) is 14.3. The predicted molar refractivity (Wildman–Crippen MR) is 133 cm³/mol. The maximum absolute atomic E-state index is 12.0. The van der Waals surface area contributed by atoms with Crippen LogP contribution in [0.2, 0.25) is 0 Å². The van der Waals surface area contributed by atoms with Crippen LogP contribution in [0.5, 0.6) is 0 Å². The van der Waals surface area contributed by atoms with Crippen LogP contribution in [0.3, 0.4) is 0 Å². The van der Waals surface area contributed by atoms with Gasteiger partial charge >= 0.3 is 0 Å². The fraction of sp³-hybridized carbons (Fsp3) is 0.280. The van der Waals surface area contributed by atoms with Gasteiger partial charge in [-0.1, -0.05) is 12.1 Å². The first-order chi connectivity index (χ1) is 16.7. The van der Waals surface area contributed by atoms with Crippen molar-refractivity contribution in [2.75, 3.05) is 29.6 Å². The molecule has 3 aromatic rings. The second-order valence-corrected chi connectivity index (χ2v) is 10.6. The Bertz CT molecular complexity index is 1360. The molecule has 0 spiro atoms. The third-order valence-electron chi connectivity index (χ3n) is 6.02. The van der Waals surface area contributed by atoms with Crippen LogP contribution < -0.4 is 16.0 Å². The average molecular weight is 491 g/mol. The molecule has 9 nitrogen and oxygen atoms in total. The smallest absolute Gasteiger partial charge is 0.252 e. The molecule has 1 aliphatic heterocycles. The molecule has 10 heteroatoms. The van der Waals surface area contributed by atoms with Crippen LogP contribution in [0.25, 0.3) is 0 Å². The van der Waals surface area contributed by atoms with Crippen molar-refractivity contribution in [1.29, 1.82) is 5.26 Å². The number of nitrogens with zero attached hydrogens (tertiary/aromatic N) is 4. The van der Waals surface area contributed by atoms with Crippen molar-refractivity contribution >= 4 is 27.2 Å². The highest BCUT2D eigenvalue weighted by Crippen LogP contribution is 2.24. The summed E-state index contributed by atoms with van der Waals surface area (Å²) < 4.78 is 23.4. The average Bonchev–Trinajstić information content (AvgIpc) is 2.84. The highest BCUT2D eigenvalue weighted by Gasteiger charge is 2.22. The number of piperidine rings is 1. The molecule has 2 aromatic heterocycles. The molecular weight excluding hydrogens is 464 g/mol. The fourth-order valence-electron chi connectivity index (χ4n) is 4.09. The van der Waals surface area contributed by atoms with Crippen molar-refractivity contribution in [2.45, 2.75) is 30.2 Å². The Balaban J connectivity index is 1.44. The summed E-state index contributed by atoms with van der Waals surface area (Å²) in [5.74, 6) is 0.289. The number of carbonyl (C=O) groups excluding carboxylic acids is 1. The minimum absolute atomic E-state index is 0.145. The lowest BCUT2D eigenvalue weighted by Gasteiger charge is -2.34. The van der Waals surface area contributed by atoms with Gasteiger partial charge in [0.05, 0.1) is 21.7 Å². The van der Waals surface area contributed by atoms with Crippen molar-refractivity contribution in [3.8, 4) is 6.07 Å². The quantitative estimate of drug-likeness (QED) is 0.514. The van der Waals surface area contributed by atoms with Gasteiger partial charge in [0.15, 0.2) is 9.84 Å². The number of nitrogens with one attached hydrogen (secondary N) is 1. The molecule has 0 radical (unpaired) electrons. The number of hydrogen-bond donors (Lipinski definition) is 2. The summed E-state index contributed by atoms with van der Waals surface area (Å²) in [5, 5.41) is 12.4. The van der Waals surface area contributed by atoms with E-state index in [-0.39, 0.29) is 10.9 Å². The first-order valence-electron chi connectivity index (χ1n) is 11.2. The van der Waals surface area contributed by atoms with Crippen LogP contribution in [0.15, 0.2) is 59.8 Å². The number of amides is 1. The number of nitriles is 1. The third-order valence-corrected chi connectivity index (χ3v) is 7.15. The molecule has 1 aliphatic rings. The van der Waals surface area contributed by atoms with Crippen molar-refractivity contribution < 1.29 is 13.2 Å². The van der Waals surface area contributed by atoms with Gasteiger partial charge in [0.2, 0.25) is 0 Å². The number of carbonyl (C=O) groups is 1. The Kier molecular flexibility index (Phi) is 6.98. The molecule has 3 heterocycles. The second-order valence-electron chi connectivity index (χ2n) is 8.60.